The van der Waals surface area contributed by atoms with Crippen LogP contribution in [0, 0.1) is 5.82 Å². The molecule has 0 heterocycles. The van der Waals surface area contributed by atoms with Crippen molar-refractivity contribution >= 4 is 27.4 Å². The van der Waals surface area contributed by atoms with Gasteiger partial charge in [0.15, 0.2) is 0 Å². The van der Waals surface area contributed by atoms with E-state index in [1.807, 2.05) is 0 Å². The molecule has 0 aliphatic heterocycles. The molecule has 0 aromatic heterocycles. The van der Waals surface area contributed by atoms with Gasteiger partial charge in [0, 0.05) is 11.3 Å². The molecule has 168 valence electrons. The first-order chi connectivity index (χ1) is 15.0. The fourth-order valence-corrected chi connectivity index (χ4v) is 3.78. The molecule has 3 rings (SSSR count). The summed E-state index contributed by atoms with van der Waals surface area (Å²) < 4.78 is 76.5. The van der Waals surface area contributed by atoms with Crippen LogP contribution in [0.3, 0.4) is 0 Å². The topological polar surface area (TPSA) is 87.3 Å². The first kappa shape index (κ1) is 23.2. The normalized spacial score (nSPS) is 11.8. The average molecular weight is 467 g/mol. The second-order valence-corrected chi connectivity index (χ2v) is 8.37. The number of hydrogen-bond acceptors (Lipinski definition) is 3. The number of rotatable bonds is 6. The van der Waals surface area contributed by atoms with Crippen molar-refractivity contribution in [3.63, 3.8) is 0 Å². The molecule has 0 bridgehead atoms. The van der Waals surface area contributed by atoms with Gasteiger partial charge < -0.3 is 10.6 Å². The smallest absolute Gasteiger partial charge is 0.308 e. The van der Waals surface area contributed by atoms with E-state index in [4.69, 9.17) is 0 Å². The number of amides is 2. The van der Waals surface area contributed by atoms with Gasteiger partial charge in [0.25, 0.3) is 0 Å². The number of urea groups is 1. The summed E-state index contributed by atoms with van der Waals surface area (Å²) >= 11 is 0. The summed E-state index contributed by atoms with van der Waals surface area (Å²) in [5, 5.41) is 4.97. The summed E-state index contributed by atoms with van der Waals surface area (Å²) in [5.74, 6) is -0.494. The number of benzene rings is 3. The monoisotopic (exact) mass is 467 g/mol. The van der Waals surface area contributed by atoms with Crippen LogP contribution in [0.1, 0.15) is 0 Å². The molecule has 11 heteroatoms. The minimum atomic E-state index is -4.73. The minimum Gasteiger partial charge on any atom is -0.308 e. The van der Waals surface area contributed by atoms with Crippen molar-refractivity contribution in [2.45, 2.75) is 11.1 Å². The Morgan fingerprint density at radius 1 is 0.875 bits per heavy atom. The molecular formula is C21H17F4N3O3S. The fraction of sp³-hybridized carbons (Fsp3) is 0.0952. The lowest BCUT2D eigenvalue weighted by Gasteiger charge is -2.15. The van der Waals surface area contributed by atoms with Gasteiger partial charge in [0.2, 0.25) is 10.0 Å². The van der Waals surface area contributed by atoms with Crippen molar-refractivity contribution in [2.24, 2.45) is 0 Å². The molecule has 3 aromatic carbocycles. The number of sulfonamides is 1. The van der Waals surface area contributed by atoms with Crippen LogP contribution in [-0.2, 0) is 10.0 Å². The van der Waals surface area contributed by atoms with Gasteiger partial charge in [-0.25, -0.2) is 22.3 Å². The largest absolute Gasteiger partial charge is 0.402 e. The van der Waals surface area contributed by atoms with E-state index in [0.717, 1.165) is 24.3 Å². The Morgan fingerprint density at radius 3 is 2.16 bits per heavy atom. The maximum atomic E-state index is 13.0. The molecule has 0 radical (unpaired) electrons. The predicted octanol–water partition coefficient (Wildman–Crippen LogP) is 4.98. The maximum Gasteiger partial charge on any atom is 0.402 e. The van der Waals surface area contributed by atoms with Crippen LogP contribution in [0.15, 0.2) is 77.7 Å². The Kier molecular flexibility index (Phi) is 6.80. The first-order valence-electron chi connectivity index (χ1n) is 9.13. The number of anilines is 2. The van der Waals surface area contributed by atoms with Gasteiger partial charge in [-0.15, -0.1) is 0 Å². The van der Waals surface area contributed by atoms with E-state index in [2.05, 4.69) is 10.6 Å². The van der Waals surface area contributed by atoms with Gasteiger partial charge >= 0.3 is 12.2 Å². The van der Waals surface area contributed by atoms with Crippen LogP contribution in [0.25, 0.3) is 11.1 Å². The molecule has 0 spiro atoms. The van der Waals surface area contributed by atoms with Crippen LogP contribution in [-0.4, -0.2) is 27.2 Å². The summed E-state index contributed by atoms with van der Waals surface area (Å²) in [4.78, 5) is 12.0. The molecule has 0 saturated carbocycles. The summed E-state index contributed by atoms with van der Waals surface area (Å²) in [6.45, 7) is -1.73. The van der Waals surface area contributed by atoms with Crippen LogP contribution in [0.2, 0.25) is 0 Å². The third-order valence-corrected chi connectivity index (χ3v) is 5.60. The Labute approximate surface area is 181 Å². The van der Waals surface area contributed by atoms with Gasteiger partial charge in [-0.05, 0) is 42.0 Å². The number of carbonyl (C=O) groups is 1. The Morgan fingerprint density at radius 2 is 1.53 bits per heavy atom. The van der Waals surface area contributed by atoms with E-state index in [0.29, 0.717) is 11.1 Å². The van der Waals surface area contributed by atoms with Crippen LogP contribution >= 0.6 is 0 Å². The second kappa shape index (κ2) is 9.37. The zero-order valence-corrected chi connectivity index (χ0v) is 17.1. The molecule has 32 heavy (non-hydrogen) atoms. The van der Waals surface area contributed by atoms with Crippen LogP contribution in [0.5, 0.6) is 0 Å². The zero-order valence-electron chi connectivity index (χ0n) is 16.3. The van der Waals surface area contributed by atoms with Crippen molar-refractivity contribution in [3.8, 4) is 11.1 Å². The minimum absolute atomic E-state index is 0.0469. The highest BCUT2D eigenvalue weighted by Crippen LogP contribution is 2.31. The molecule has 0 aliphatic carbocycles. The van der Waals surface area contributed by atoms with Crippen molar-refractivity contribution in [2.75, 3.05) is 17.2 Å². The van der Waals surface area contributed by atoms with Crippen molar-refractivity contribution in [1.82, 2.24) is 4.72 Å². The number of halogens is 4. The van der Waals surface area contributed by atoms with Gasteiger partial charge in [0.1, 0.15) is 12.4 Å². The predicted molar refractivity (Wildman–Crippen MR) is 112 cm³/mol. The van der Waals surface area contributed by atoms with E-state index >= 15 is 0 Å². The van der Waals surface area contributed by atoms with Crippen LogP contribution in [0.4, 0.5) is 33.7 Å². The molecule has 0 unspecified atom stereocenters. The van der Waals surface area contributed by atoms with Gasteiger partial charge in [0.05, 0.1) is 10.6 Å². The van der Waals surface area contributed by atoms with Crippen molar-refractivity contribution in [3.05, 3.63) is 78.6 Å². The second-order valence-electron chi connectivity index (χ2n) is 6.60. The van der Waals surface area contributed by atoms with Gasteiger partial charge in [-0.1, -0.05) is 36.4 Å². The lowest BCUT2D eigenvalue weighted by atomic mass is 10.0. The van der Waals surface area contributed by atoms with Gasteiger partial charge in [-0.3, -0.25) is 0 Å². The Balaban J connectivity index is 1.92. The van der Waals surface area contributed by atoms with E-state index in [-0.39, 0.29) is 11.4 Å². The summed E-state index contributed by atoms with van der Waals surface area (Å²) in [7, 11) is -4.50. The SMILES string of the molecule is O=C(Nc1ccc(F)cc1)Nc1cc(S(=O)(=O)NCC(F)(F)F)ccc1-c1ccccc1. The number of carbonyl (C=O) groups excluding carboxylic acids is 1. The number of hydrogen-bond donors (Lipinski definition) is 3. The van der Waals surface area contributed by atoms with Crippen molar-refractivity contribution < 1.29 is 30.8 Å². The fourth-order valence-electron chi connectivity index (χ4n) is 2.74. The average Bonchev–Trinajstić information content (AvgIpc) is 2.74. The lowest BCUT2D eigenvalue weighted by Crippen LogP contribution is -2.33. The molecule has 0 saturated heterocycles. The highest BCUT2D eigenvalue weighted by molar-refractivity contribution is 7.89. The number of alkyl halides is 3. The third kappa shape index (κ3) is 6.28. The number of nitrogens with one attached hydrogen (secondary N) is 3. The quantitative estimate of drug-likeness (QED) is 0.447. The molecule has 2 amide bonds. The first-order valence-corrected chi connectivity index (χ1v) is 10.6. The van der Waals surface area contributed by atoms with E-state index in [1.165, 1.54) is 22.9 Å². The maximum absolute atomic E-state index is 13.0. The summed E-state index contributed by atoms with van der Waals surface area (Å²) in [6, 6.07) is 16.4. The Bertz CT molecular complexity index is 1200. The molecule has 0 aliphatic rings. The standard InChI is InChI=1S/C21H17F4N3O3S/c22-15-6-8-16(9-7-15)27-20(29)28-19-12-17(32(30,31)26-13-21(23,24)25)10-11-18(19)14-4-2-1-3-5-14/h1-12,26H,13H2,(H2,27,28,29). The molecule has 6 nitrogen and oxygen atoms in total. The Hall–Kier alpha value is -3.44. The van der Waals surface area contributed by atoms with Crippen LogP contribution < -0.4 is 15.4 Å². The molecule has 3 N–H and O–H groups in total. The zero-order chi connectivity index (χ0) is 23.4. The summed E-state index contributed by atoms with van der Waals surface area (Å²) in [6.07, 6.45) is -4.73. The lowest BCUT2D eigenvalue weighted by molar-refractivity contribution is -0.121. The molecule has 3 aromatic rings. The van der Waals surface area contributed by atoms with E-state index in [9.17, 15) is 30.8 Å². The third-order valence-electron chi connectivity index (χ3n) is 4.20. The molecule has 0 atom stereocenters. The highest BCUT2D eigenvalue weighted by Gasteiger charge is 2.30. The van der Waals surface area contributed by atoms with Crippen molar-refractivity contribution in [1.29, 1.82) is 0 Å². The molecular weight excluding hydrogens is 450 g/mol. The van der Waals surface area contributed by atoms with E-state index in [1.54, 1.807) is 30.3 Å². The van der Waals surface area contributed by atoms with Gasteiger partial charge in [-0.2, -0.15) is 13.2 Å². The summed E-state index contributed by atoms with van der Waals surface area (Å²) in [5.41, 5.74) is 1.40. The molecule has 0 fully saturated rings. The van der Waals surface area contributed by atoms with E-state index < -0.39 is 39.5 Å². The highest BCUT2D eigenvalue weighted by atomic mass is 32.2.